The van der Waals surface area contributed by atoms with Crippen molar-refractivity contribution in [3.8, 4) is 0 Å². The summed E-state index contributed by atoms with van der Waals surface area (Å²) in [6.45, 7) is 30.2. The number of carbonyl (C=O) groups is 2. The van der Waals surface area contributed by atoms with Crippen molar-refractivity contribution in [1.82, 2.24) is 0 Å². The van der Waals surface area contributed by atoms with Gasteiger partial charge in [0, 0.05) is 0 Å². The first-order valence-corrected chi connectivity index (χ1v) is 22.7. The molecule has 0 amide bonds. The molecule has 0 aliphatic carbocycles. The number of unbranched alkanes of at least 4 members (excludes halogenated alkanes) is 2. The van der Waals surface area contributed by atoms with E-state index in [2.05, 4.69) is 109 Å². The van der Waals surface area contributed by atoms with Crippen LogP contribution >= 0.6 is 0 Å². The second-order valence-electron chi connectivity index (χ2n) is 16.4. The van der Waals surface area contributed by atoms with Crippen molar-refractivity contribution in [3.05, 3.63) is 69.8 Å². The van der Waals surface area contributed by atoms with Crippen LogP contribution in [-0.4, -0.2) is 31.1 Å². The molecule has 0 spiro atoms. The van der Waals surface area contributed by atoms with E-state index in [0.717, 1.165) is 47.9 Å². The molecule has 0 fully saturated rings. The molecule has 0 aromatic heterocycles. The summed E-state index contributed by atoms with van der Waals surface area (Å²) < 4.78 is 14.7. The predicted molar refractivity (Wildman–Crippen MR) is 184 cm³/mol. The summed E-state index contributed by atoms with van der Waals surface area (Å²) in [6.07, 6.45) is 3.62. The Morgan fingerprint density at radius 1 is 0.558 bits per heavy atom. The fraction of sp³-hybridized carbons (Fsp3) is 0.632. The molecule has 240 valence electrons. The zero-order valence-corrected chi connectivity index (χ0v) is 32.7. The van der Waals surface area contributed by atoms with Crippen LogP contribution in [0.1, 0.15) is 166 Å². The normalized spacial score (nSPS) is 13.2. The van der Waals surface area contributed by atoms with Gasteiger partial charge in [-0.3, -0.25) is 0 Å². The Kier molecular flexibility index (Phi) is 12.2. The van der Waals surface area contributed by atoms with E-state index in [1.807, 2.05) is 24.3 Å². The summed E-state index contributed by atoms with van der Waals surface area (Å²) in [5.74, 6) is -0.683. The Hall–Kier alpha value is -1.82. The van der Waals surface area contributed by atoms with Gasteiger partial charge in [0.1, 0.15) is 0 Å². The van der Waals surface area contributed by atoms with Crippen LogP contribution in [0.25, 0.3) is 0 Å². The zero-order chi connectivity index (χ0) is 33.0. The van der Waals surface area contributed by atoms with Crippen molar-refractivity contribution in [3.63, 3.8) is 0 Å². The average molecular weight is 700 g/mol. The van der Waals surface area contributed by atoms with Crippen molar-refractivity contribution in [2.24, 2.45) is 0 Å². The van der Waals surface area contributed by atoms with Gasteiger partial charge in [0.15, 0.2) is 0 Å². The SMILES string of the molecule is CCC[CH2][Sn]([CH2]CCC)([O]C(=O)c1cccc(C(C)(C)C)c1C(C)(C)C)[O]C(=O)c1cccc(C(C)(C)C)c1C(C)(C)C. The molecule has 0 bridgehead atoms. The molecule has 0 unspecified atom stereocenters. The monoisotopic (exact) mass is 700 g/mol. The molecular weight excluding hydrogens is 639 g/mol. The fourth-order valence-corrected chi connectivity index (χ4v) is 15.6. The Balaban J connectivity index is 2.73. The minimum atomic E-state index is -4.32. The van der Waals surface area contributed by atoms with Crippen LogP contribution in [0.3, 0.4) is 0 Å². The van der Waals surface area contributed by atoms with Crippen LogP contribution in [-0.2, 0) is 27.8 Å². The van der Waals surface area contributed by atoms with Gasteiger partial charge >= 0.3 is 270 Å². The number of hydrogen-bond acceptors (Lipinski definition) is 4. The number of benzene rings is 2. The van der Waals surface area contributed by atoms with Crippen LogP contribution in [0, 0.1) is 0 Å². The van der Waals surface area contributed by atoms with Crippen LogP contribution in [0.4, 0.5) is 0 Å². The zero-order valence-electron chi connectivity index (χ0n) is 29.8. The second kappa shape index (κ2) is 14.1. The van der Waals surface area contributed by atoms with Gasteiger partial charge in [0.05, 0.1) is 0 Å². The molecule has 0 N–H and O–H groups in total. The average Bonchev–Trinajstić information content (AvgIpc) is 2.87. The molecule has 0 radical (unpaired) electrons. The predicted octanol–water partition coefficient (Wildman–Crippen LogP) is 10.9. The third-order valence-corrected chi connectivity index (χ3v) is 17.6. The van der Waals surface area contributed by atoms with E-state index in [0.29, 0.717) is 20.0 Å². The Morgan fingerprint density at radius 3 is 1.14 bits per heavy atom. The van der Waals surface area contributed by atoms with Crippen LogP contribution in [0.5, 0.6) is 0 Å². The van der Waals surface area contributed by atoms with E-state index in [-0.39, 0.29) is 33.6 Å². The van der Waals surface area contributed by atoms with Crippen LogP contribution in [0.2, 0.25) is 8.87 Å². The van der Waals surface area contributed by atoms with E-state index in [1.165, 1.54) is 0 Å². The van der Waals surface area contributed by atoms with Crippen molar-refractivity contribution in [2.75, 3.05) is 0 Å². The van der Waals surface area contributed by atoms with Gasteiger partial charge in [-0.15, -0.1) is 0 Å². The first kappa shape index (κ1) is 37.4. The standard InChI is InChI=1S/2C15H22O2.2C4H9.Sn/c2*1-14(2,3)11-9-7-8-10(13(16)17)12(11)15(4,5)6;2*1-3-4-2;/h2*7-9H,1-6H3,(H,16,17);2*1,3-4H2,2H3;/q;;;;+2/p-2. The molecule has 0 atom stereocenters. The third kappa shape index (κ3) is 9.58. The van der Waals surface area contributed by atoms with E-state index >= 15 is 0 Å². The minimum absolute atomic E-state index is 0.141. The van der Waals surface area contributed by atoms with Gasteiger partial charge in [-0.2, -0.15) is 0 Å². The van der Waals surface area contributed by atoms with E-state index in [4.69, 9.17) is 6.15 Å². The van der Waals surface area contributed by atoms with Gasteiger partial charge < -0.3 is 0 Å². The number of carbonyl (C=O) groups excluding carboxylic acids is 2. The second-order valence-corrected chi connectivity index (χ2v) is 25.6. The molecule has 2 aromatic rings. The summed E-state index contributed by atoms with van der Waals surface area (Å²) in [4.78, 5) is 28.6. The van der Waals surface area contributed by atoms with Crippen molar-refractivity contribution in [2.45, 2.75) is 153 Å². The quantitative estimate of drug-likeness (QED) is 0.232. The van der Waals surface area contributed by atoms with Gasteiger partial charge in [-0.25, -0.2) is 0 Å². The molecule has 5 heteroatoms. The summed E-state index contributed by atoms with van der Waals surface area (Å²) in [5, 5.41) is 0. The van der Waals surface area contributed by atoms with Gasteiger partial charge in [0.2, 0.25) is 0 Å². The molecule has 0 heterocycles. The van der Waals surface area contributed by atoms with Crippen LogP contribution in [0.15, 0.2) is 36.4 Å². The molecule has 0 saturated heterocycles. The molecular formula is C38H60O4Sn. The molecule has 0 aliphatic rings. The Labute approximate surface area is 268 Å². The molecule has 0 saturated carbocycles. The summed E-state index contributed by atoms with van der Waals surface area (Å²) in [5.41, 5.74) is 4.67. The Bertz CT molecular complexity index is 1160. The first-order chi connectivity index (χ1) is 19.6. The topological polar surface area (TPSA) is 52.6 Å². The maximum absolute atomic E-state index is 14.3. The van der Waals surface area contributed by atoms with Gasteiger partial charge in [-0.05, 0) is 0 Å². The number of hydrogen-bond donors (Lipinski definition) is 0. The number of rotatable bonds is 10. The van der Waals surface area contributed by atoms with Gasteiger partial charge in [0.25, 0.3) is 0 Å². The summed E-state index contributed by atoms with van der Waals surface area (Å²) >= 11 is -4.32. The van der Waals surface area contributed by atoms with Crippen molar-refractivity contribution >= 4 is 31.1 Å². The van der Waals surface area contributed by atoms with Crippen molar-refractivity contribution < 1.29 is 15.7 Å². The fourth-order valence-electron chi connectivity index (χ4n) is 6.00. The molecule has 2 rings (SSSR count). The first-order valence-electron chi connectivity index (χ1n) is 16.3. The molecule has 4 nitrogen and oxygen atoms in total. The maximum atomic E-state index is 14.3. The Morgan fingerprint density at radius 2 is 0.884 bits per heavy atom. The van der Waals surface area contributed by atoms with E-state index in [9.17, 15) is 9.59 Å². The summed E-state index contributed by atoms with van der Waals surface area (Å²) in [6, 6.07) is 11.9. The van der Waals surface area contributed by atoms with E-state index in [1.54, 1.807) is 0 Å². The molecule has 43 heavy (non-hydrogen) atoms. The molecule has 0 aliphatic heterocycles. The third-order valence-electron chi connectivity index (χ3n) is 8.06. The summed E-state index contributed by atoms with van der Waals surface area (Å²) in [7, 11) is 0. The van der Waals surface area contributed by atoms with Gasteiger partial charge in [-0.1, -0.05) is 0 Å². The molecule has 2 aromatic carbocycles. The van der Waals surface area contributed by atoms with E-state index < -0.39 is 19.2 Å². The van der Waals surface area contributed by atoms with Crippen molar-refractivity contribution in [1.29, 1.82) is 0 Å². The van der Waals surface area contributed by atoms with Crippen LogP contribution < -0.4 is 0 Å².